The van der Waals surface area contributed by atoms with E-state index in [0.29, 0.717) is 11.9 Å². The first-order valence-electron chi connectivity index (χ1n) is 6.49. The molecule has 1 aromatic carbocycles. The van der Waals surface area contributed by atoms with Gasteiger partial charge in [0.15, 0.2) is 0 Å². The highest BCUT2D eigenvalue weighted by Gasteiger charge is 2.25. The predicted octanol–water partition coefficient (Wildman–Crippen LogP) is 4.39. The average Bonchev–Trinajstić information content (AvgIpc) is 2.73. The van der Waals surface area contributed by atoms with Gasteiger partial charge < -0.3 is 9.30 Å². The molecule has 104 valence electrons. The van der Waals surface area contributed by atoms with Gasteiger partial charge in [-0.25, -0.2) is 4.98 Å². The van der Waals surface area contributed by atoms with Crippen LogP contribution in [0.15, 0.2) is 18.2 Å². The number of hydrogen-bond acceptors (Lipinski definition) is 2. The molecule has 3 nitrogen and oxygen atoms in total. The van der Waals surface area contributed by atoms with Crippen molar-refractivity contribution in [3.05, 3.63) is 24.0 Å². The summed E-state index contributed by atoms with van der Waals surface area (Å²) in [4.78, 5) is 4.62. The molecule has 0 aliphatic carbocycles. The number of aromatic nitrogens is 2. The van der Waals surface area contributed by atoms with Crippen LogP contribution in [0.5, 0.6) is 5.75 Å². The second-order valence-electron chi connectivity index (χ2n) is 5.93. The quantitative estimate of drug-likeness (QED) is 0.780. The van der Waals surface area contributed by atoms with Crippen LogP contribution in [0.4, 0.5) is 0 Å². The monoisotopic (exact) mass is 280 g/mol. The van der Waals surface area contributed by atoms with Crippen molar-refractivity contribution in [3.8, 4) is 5.75 Å². The van der Waals surface area contributed by atoms with Crippen LogP contribution in [0.1, 0.15) is 39.6 Å². The predicted molar refractivity (Wildman–Crippen MR) is 80.0 cm³/mol. The number of halogens is 1. The molecule has 1 unspecified atom stereocenters. The van der Waals surface area contributed by atoms with E-state index >= 15 is 0 Å². The van der Waals surface area contributed by atoms with Crippen molar-refractivity contribution in [3.63, 3.8) is 0 Å². The lowest BCUT2D eigenvalue weighted by molar-refractivity contribution is 0.263. The van der Waals surface area contributed by atoms with Crippen LogP contribution >= 0.6 is 11.6 Å². The summed E-state index contributed by atoms with van der Waals surface area (Å²) in [6, 6.07) is 6.24. The molecule has 0 saturated carbocycles. The molecule has 0 spiro atoms. The van der Waals surface area contributed by atoms with E-state index in [1.807, 2.05) is 18.2 Å². The molecule has 4 heteroatoms. The van der Waals surface area contributed by atoms with Crippen molar-refractivity contribution >= 4 is 22.6 Å². The van der Waals surface area contributed by atoms with Gasteiger partial charge in [-0.1, -0.05) is 20.8 Å². The van der Waals surface area contributed by atoms with E-state index in [0.717, 1.165) is 22.6 Å². The number of alkyl halides is 1. The molecule has 0 fully saturated rings. The Hall–Kier alpha value is -1.22. The molecular formula is C15H21ClN2O. The lowest BCUT2D eigenvalue weighted by Crippen LogP contribution is -2.22. The fourth-order valence-corrected chi connectivity index (χ4v) is 2.35. The smallest absolute Gasteiger partial charge is 0.125 e. The summed E-state index contributed by atoms with van der Waals surface area (Å²) in [5, 5.41) is 0. The second-order valence-corrected chi connectivity index (χ2v) is 6.20. The molecule has 19 heavy (non-hydrogen) atoms. The average molecular weight is 281 g/mol. The fraction of sp³-hybridized carbons (Fsp3) is 0.533. The Labute approximate surface area is 119 Å². The van der Waals surface area contributed by atoms with Crippen molar-refractivity contribution < 1.29 is 4.74 Å². The summed E-state index contributed by atoms with van der Waals surface area (Å²) in [5.41, 5.74) is 2.18. The molecule has 0 bridgehead atoms. The number of hydrogen-bond donors (Lipinski definition) is 0. The molecule has 0 aliphatic rings. The third-order valence-corrected chi connectivity index (χ3v) is 3.97. The number of ether oxygens (including phenoxy) is 1. The van der Waals surface area contributed by atoms with E-state index in [1.54, 1.807) is 7.11 Å². The van der Waals surface area contributed by atoms with Crippen LogP contribution < -0.4 is 4.74 Å². The van der Waals surface area contributed by atoms with Gasteiger partial charge in [0, 0.05) is 12.1 Å². The van der Waals surface area contributed by atoms with Gasteiger partial charge >= 0.3 is 0 Å². The molecule has 0 radical (unpaired) electrons. The van der Waals surface area contributed by atoms with Crippen LogP contribution in [0.3, 0.4) is 0 Å². The Morgan fingerprint density at radius 1 is 1.37 bits per heavy atom. The Bertz CT molecular complexity index is 584. The van der Waals surface area contributed by atoms with Crippen molar-refractivity contribution in [1.29, 1.82) is 0 Å². The van der Waals surface area contributed by atoms with Gasteiger partial charge in [0.25, 0.3) is 0 Å². The lowest BCUT2D eigenvalue weighted by atomic mass is 9.87. The molecular weight excluding hydrogens is 260 g/mol. The number of benzene rings is 1. The van der Waals surface area contributed by atoms with Gasteiger partial charge in [0.2, 0.25) is 0 Å². The maximum absolute atomic E-state index is 6.06. The Balaban J connectivity index is 2.68. The molecule has 0 amide bonds. The van der Waals surface area contributed by atoms with Gasteiger partial charge in [-0.3, -0.25) is 0 Å². The zero-order valence-electron chi connectivity index (χ0n) is 12.2. The van der Waals surface area contributed by atoms with Crippen molar-refractivity contribution in [2.75, 3.05) is 7.11 Å². The van der Waals surface area contributed by atoms with Crippen molar-refractivity contribution in [2.24, 2.45) is 5.41 Å². The number of fused-ring (bicyclic) bond motifs is 1. The summed E-state index contributed by atoms with van der Waals surface area (Å²) in [7, 11) is 1.68. The number of rotatable bonds is 3. The van der Waals surface area contributed by atoms with E-state index in [9.17, 15) is 0 Å². The maximum Gasteiger partial charge on any atom is 0.125 e. The van der Waals surface area contributed by atoms with E-state index in [-0.39, 0.29) is 5.41 Å². The molecule has 2 aromatic rings. The zero-order chi connectivity index (χ0) is 14.2. The van der Waals surface area contributed by atoms with E-state index < -0.39 is 0 Å². The van der Waals surface area contributed by atoms with Crippen LogP contribution in [0, 0.1) is 5.41 Å². The topological polar surface area (TPSA) is 27.1 Å². The number of imidazole rings is 1. The third-order valence-electron chi connectivity index (χ3n) is 3.73. The summed E-state index contributed by atoms with van der Waals surface area (Å²) in [6.07, 6.45) is 0. The SMILES string of the molecule is COc1ccc2nc(CCl)n(C(C)C(C)(C)C)c2c1. The molecule has 0 saturated heterocycles. The minimum Gasteiger partial charge on any atom is -0.497 e. The Morgan fingerprint density at radius 3 is 2.58 bits per heavy atom. The van der Waals surface area contributed by atoms with Gasteiger partial charge in [0.05, 0.1) is 24.0 Å². The standard InChI is InChI=1S/C15H21ClN2O/c1-10(15(2,3)4)18-13-8-11(19-5)6-7-12(13)17-14(18)9-16/h6-8,10H,9H2,1-5H3. The summed E-state index contributed by atoms with van der Waals surface area (Å²) in [6.45, 7) is 8.88. The van der Waals surface area contributed by atoms with Crippen LogP contribution in [0.25, 0.3) is 11.0 Å². The molecule has 2 rings (SSSR count). The minimum atomic E-state index is 0.136. The zero-order valence-corrected chi connectivity index (χ0v) is 13.0. The molecule has 0 aliphatic heterocycles. The van der Waals surface area contributed by atoms with Crippen LogP contribution in [-0.4, -0.2) is 16.7 Å². The maximum atomic E-state index is 6.06. The highest BCUT2D eigenvalue weighted by atomic mass is 35.5. The van der Waals surface area contributed by atoms with E-state index in [2.05, 4.69) is 37.2 Å². The summed E-state index contributed by atoms with van der Waals surface area (Å²) in [5.74, 6) is 2.17. The lowest BCUT2D eigenvalue weighted by Gasteiger charge is -2.30. The Kier molecular flexibility index (Phi) is 3.77. The van der Waals surface area contributed by atoms with Crippen LogP contribution in [0.2, 0.25) is 0 Å². The molecule has 1 heterocycles. The van der Waals surface area contributed by atoms with E-state index in [4.69, 9.17) is 16.3 Å². The van der Waals surface area contributed by atoms with E-state index in [1.165, 1.54) is 0 Å². The normalized spacial score (nSPS) is 13.8. The van der Waals surface area contributed by atoms with Gasteiger partial charge in [0.1, 0.15) is 11.6 Å². The summed E-state index contributed by atoms with van der Waals surface area (Å²) < 4.78 is 7.54. The van der Waals surface area contributed by atoms with Gasteiger partial charge in [-0.2, -0.15) is 0 Å². The molecule has 1 aromatic heterocycles. The van der Waals surface area contributed by atoms with Gasteiger partial charge in [-0.05, 0) is 24.5 Å². The Morgan fingerprint density at radius 2 is 2.05 bits per heavy atom. The second kappa shape index (κ2) is 5.04. The van der Waals surface area contributed by atoms with Crippen molar-refractivity contribution in [1.82, 2.24) is 9.55 Å². The highest BCUT2D eigenvalue weighted by molar-refractivity contribution is 6.16. The van der Waals surface area contributed by atoms with Gasteiger partial charge in [-0.15, -0.1) is 11.6 Å². The first kappa shape index (κ1) is 14.2. The first-order chi connectivity index (χ1) is 8.88. The fourth-order valence-electron chi connectivity index (χ4n) is 2.16. The number of nitrogens with zero attached hydrogens (tertiary/aromatic N) is 2. The first-order valence-corrected chi connectivity index (χ1v) is 7.02. The minimum absolute atomic E-state index is 0.136. The number of methoxy groups -OCH3 is 1. The largest absolute Gasteiger partial charge is 0.497 e. The third kappa shape index (κ3) is 2.57. The van der Waals surface area contributed by atoms with Crippen LogP contribution in [-0.2, 0) is 5.88 Å². The molecule has 0 N–H and O–H groups in total. The molecule has 1 atom stereocenters. The highest BCUT2D eigenvalue weighted by Crippen LogP contribution is 2.35. The van der Waals surface area contributed by atoms with Crippen molar-refractivity contribution in [2.45, 2.75) is 39.6 Å². The summed E-state index contributed by atoms with van der Waals surface area (Å²) >= 11 is 6.06.